The van der Waals surface area contributed by atoms with Crippen LogP contribution in [0.25, 0.3) is 5.65 Å². The molecule has 3 aromatic rings. The Morgan fingerprint density at radius 3 is 2.91 bits per heavy atom. The molecule has 1 unspecified atom stereocenters. The van der Waals surface area contributed by atoms with Crippen molar-refractivity contribution < 1.29 is 0 Å². The Kier molecular flexibility index (Phi) is 2.86. The summed E-state index contributed by atoms with van der Waals surface area (Å²) in [4.78, 5) is 4.53. The highest BCUT2D eigenvalue weighted by atomic mass is 15.3. The molecule has 0 amide bonds. The van der Waals surface area contributed by atoms with Crippen LogP contribution in [0.15, 0.2) is 36.7 Å². The summed E-state index contributed by atoms with van der Waals surface area (Å²) >= 11 is 0. The number of nitrogens with one attached hydrogen (secondary N) is 1. The highest BCUT2D eigenvalue weighted by Gasteiger charge is 2.29. The average molecular weight is 305 g/mol. The Hall–Kier alpha value is -2.43. The van der Waals surface area contributed by atoms with Crippen molar-refractivity contribution in [1.82, 2.24) is 19.6 Å². The molecule has 23 heavy (non-hydrogen) atoms. The van der Waals surface area contributed by atoms with E-state index in [9.17, 15) is 0 Å². The minimum atomic E-state index is 0.305. The largest absolute Gasteiger partial charge is 0.360 e. The van der Waals surface area contributed by atoms with E-state index in [0.717, 1.165) is 23.7 Å². The van der Waals surface area contributed by atoms with Crippen molar-refractivity contribution in [2.45, 2.75) is 44.1 Å². The molecule has 1 N–H and O–H groups in total. The van der Waals surface area contributed by atoms with Gasteiger partial charge in [-0.25, -0.2) is 4.98 Å². The zero-order valence-electron chi connectivity index (χ0n) is 12.9. The Balaban J connectivity index is 1.53. The molecule has 2 aliphatic rings. The fourth-order valence-corrected chi connectivity index (χ4v) is 3.63. The summed E-state index contributed by atoms with van der Waals surface area (Å²) in [6, 6.07) is 9.01. The molecule has 1 saturated carbocycles. The van der Waals surface area contributed by atoms with Crippen molar-refractivity contribution in [3.8, 4) is 0 Å². The van der Waals surface area contributed by atoms with Crippen molar-refractivity contribution >= 4 is 11.5 Å². The van der Waals surface area contributed by atoms with Gasteiger partial charge < -0.3 is 5.32 Å². The van der Waals surface area contributed by atoms with Crippen LogP contribution < -0.4 is 5.32 Å². The lowest BCUT2D eigenvalue weighted by Crippen LogP contribution is -2.18. The fourth-order valence-electron chi connectivity index (χ4n) is 3.63. The molecular formula is C18H19N5. The molecule has 0 aliphatic heterocycles. The van der Waals surface area contributed by atoms with Crippen molar-refractivity contribution in [3.63, 3.8) is 0 Å². The van der Waals surface area contributed by atoms with Gasteiger partial charge in [-0.2, -0.15) is 0 Å². The SMILES string of the molecule is c1ccc2c(c1)CCCC2Nc1nccn2c(C3CC3)nnc12. The predicted octanol–water partition coefficient (Wildman–Crippen LogP) is 3.49. The second-order valence-corrected chi connectivity index (χ2v) is 6.59. The Morgan fingerprint density at radius 1 is 1.09 bits per heavy atom. The van der Waals surface area contributed by atoms with Gasteiger partial charge >= 0.3 is 0 Å². The first-order chi connectivity index (χ1) is 11.4. The van der Waals surface area contributed by atoms with Crippen LogP contribution in [0.5, 0.6) is 0 Å². The summed E-state index contributed by atoms with van der Waals surface area (Å²) in [5.74, 6) is 2.50. The zero-order valence-corrected chi connectivity index (χ0v) is 12.9. The monoisotopic (exact) mass is 305 g/mol. The van der Waals surface area contributed by atoms with Crippen LogP contribution in [0, 0.1) is 0 Å². The fraction of sp³-hybridized carbons (Fsp3) is 0.389. The van der Waals surface area contributed by atoms with Gasteiger partial charge in [-0.1, -0.05) is 24.3 Å². The van der Waals surface area contributed by atoms with E-state index in [2.05, 4.69) is 49.2 Å². The average Bonchev–Trinajstić information content (AvgIpc) is 3.34. The van der Waals surface area contributed by atoms with E-state index in [4.69, 9.17) is 0 Å². The smallest absolute Gasteiger partial charge is 0.203 e. The van der Waals surface area contributed by atoms with Crippen LogP contribution in [0.4, 0.5) is 5.82 Å². The van der Waals surface area contributed by atoms with Crippen molar-refractivity contribution in [3.05, 3.63) is 53.6 Å². The maximum Gasteiger partial charge on any atom is 0.203 e. The molecule has 1 fully saturated rings. The number of benzene rings is 1. The minimum Gasteiger partial charge on any atom is -0.360 e. The summed E-state index contributed by atoms with van der Waals surface area (Å²) in [5.41, 5.74) is 3.69. The molecule has 5 rings (SSSR count). The number of hydrogen-bond donors (Lipinski definition) is 1. The number of fused-ring (bicyclic) bond motifs is 2. The summed E-state index contributed by atoms with van der Waals surface area (Å²) in [6.07, 6.45) is 9.77. The number of hydrogen-bond acceptors (Lipinski definition) is 4. The van der Waals surface area contributed by atoms with Gasteiger partial charge in [0.1, 0.15) is 5.82 Å². The third-order valence-electron chi connectivity index (χ3n) is 4.98. The van der Waals surface area contributed by atoms with E-state index in [1.165, 1.54) is 36.8 Å². The van der Waals surface area contributed by atoms with Gasteiger partial charge in [0.25, 0.3) is 0 Å². The normalized spacial score (nSPS) is 20.4. The number of aromatic nitrogens is 4. The summed E-state index contributed by atoms with van der Waals surface area (Å²) in [6.45, 7) is 0. The summed E-state index contributed by atoms with van der Waals surface area (Å²) in [7, 11) is 0. The number of nitrogens with zero attached hydrogens (tertiary/aromatic N) is 4. The van der Waals surface area contributed by atoms with E-state index in [-0.39, 0.29) is 0 Å². The van der Waals surface area contributed by atoms with Crippen LogP contribution in [-0.2, 0) is 6.42 Å². The van der Waals surface area contributed by atoms with Crippen LogP contribution >= 0.6 is 0 Å². The minimum absolute atomic E-state index is 0.305. The quantitative estimate of drug-likeness (QED) is 0.805. The first-order valence-electron chi connectivity index (χ1n) is 8.44. The lowest BCUT2D eigenvalue weighted by molar-refractivity contribution is 0.598. The Bertz CT molecular complexity index is 865. The molecule has 1 aromatic carbocycles. The van der Waals surface area contributed by atoms with Gasteiger partial charge in [0.15, 0.2) is 5.82 Å². The van der Waals surface area contributed by atoms with Crippen LogP contribution in [0.2, 0.25) is 0 Å². The molecule has 0 spiro atoms. The highest BCUT2D eigenvalue weighted by molar-refractivity contribution is 5.63. The first kappa shape index (κ1) is 13.0. The third kappa shape index (κ3) is 2.19. The molecule has 1 atom stereocenters. The summed E-state index contributed by atoms with van der Waals surface area (Å²) in [5, 5.41) is 12.4. The second-order valence-electron chi connectivity index (χ2n) is 6.59. The van der Waals surface area contributed by atoms with Crippen LogP contribution in [-0.4, -0.2) is 19.6 Å². The van der Waals surface area contributed by atoms with Gasteiger partial charge in [-0.3, -0.25) is 4.40 Å². The Morgan fingerprint density at radius 2 is 2.00 bits per heavy atom. The van der Waals surface area contributed by atoms with Crippen LogP contribution in [0.3, 0.4) is 0 Å². The molecule has 0 radical (unpaired) electrons. The molecule has 2 heterocycles. The van der Waals surface area contributed by atoms with E-state index < -0.39 is 0 Å². The van der Waals surface area contributed by atoms with E-state index in [1.54, 1.807) is 0 Å². The Labute approximate surface area is 134 Å². The maximum atomic E-state index is 4.53. The number of aryl methyl sites for hydroxylation is 1. The van der Waals surface area contributed by atoms with Crippen molar-refractivity contribution in [2.75, 3.05) is 5.32 Å². The topological polar surface area (TPSA) is 55.1 Å². The molecule has 5 nitrogen and oxygen atoms in total. The molecule has 116 valence electrons. The highest BCUT2D eigenvalue weighted by Crippen LogP contribution is 2.39. The lowest BCUT2D eigenvalue weighted by Gasteiger charge is -2.26. The molecule has 2 aromatic heterocycles. The predicted molar refractivity (Wildman–Crippen MR) is 88.5 cm³/mol. The molecule has 2 aliphatic carbocycles. The zero-order chi connectivity index (χ0) is 15.2. The van der Waals surface area contributed by atoms with Crippen molar-refractivity contribution in [2.24, 2.45) is 0 Å². The number of anilines is 1. The maximum absolute atomic E-state index is 4.53. The number of rotatable bonds is 3. The van der Waals surface area contributed by atoms with Gasteiger partial charge in [0, 0.05) is 18.3 Å². The summed E-state index contributed by atoms with van der Waals surface area (Å²) < 4.78 is 2.10. The van der Waals surface area contributed by atoms with E-state index >= 15 is 0 Å². The van der Waals surface area contributed by atoms with E-state index in [1.807, 2.05) is 12.4 Å². The van der Waals surface area contributed by atoms with Gasteiger partial charge in [-0.15, -0.1) is 10.2 Å². The van der Waals surface area contributed by atoms with Gasteiger partial charge in [0.2, 0.25) is 5.65 Å². The second kappa shape index (κ2) is 5.05. The molecule has 5 heteroatoms. The first-order valence-corrected chi connectivity index (χ1v) is 8.44. The van der Waals surface area contributed by atoms with Crippen molar-refractivity contribution in [1.29, 1.82) is 0 Å². The molecular weight excluding hydrogens is 286 g/mol. The van der Waals surface area contributed by atoms with Crippen LogP contribution in [0.1, 0.15) is 54.6 Å². The third-order valence-corrected chi connectivity index (χ3v) is 4.98. The van der Waals surface area contributed by atoms with E-state index in [0.29, 0.717) is 12.0 Å². The molecule has 0 saturated heterocycles. The lowest BCUT2D eigenvalue weighted by atomic mass is 9.88. The van der Waals surface area contributed by atoms with Gasteiger partial charge in [0.05, 0.1) is 6.04 Å². The standard InChI is InChI=1S/C18H19N5/c1-2-6-14-12(4-1)5-3-7-15(14)20-16-18-22-21-17(13-8-9-13)23(18)11-10-19-16/h1-2,4,6,10-11,13,15H,3,5,7-9H2,(H,19,20). The molecule has 0 bridgehead atoms. The van der Waals surface area contributed by atoms with Gasteiger partial charge in [-0.05, 0) is 43.2 Å².